The van der Waals surface area contributed by atoms with E-state index in [0.29, 0.717) is 13.0 Å². The molecule has 1 heterocycles. The second-order valence-electron chi connectivity index (χ2n) is 5.08. The van der Waals surface area contributed by atoms with Crippen LogP contribution in [0.4, 0.5) is 0 Å². The van der Waals surface area contributed by atoms with E-state index in [9.17, 15) is 4.79 Å². The van der Waals surface area contributed by atoms with Crippen molar-refractivity contribution in [2.45, 2.75) is 13.3 Å². The van der Waals surface area contributed by atoms with Crippen molar-refractivity contribution in [3.05, 3.63) is 48.5 Å². The number of rotatable bonds is 5. The lowest BCUT2D eigenvalue weighted by Gasteiger charge is -2.07. The Hall–Kier alpha value is -1.63. The van der Waals surface area contributed by atoms with Crippen molar-refractivity contribution >= 4 is 34.8 Å². The van der Waals surface area contributed by atoms with Gasteiger partial charge in [-0.2, -0.15) is 0 Å². The molecule has 0 fully saturated rings. The minimum atomic E-state index is -0.451. The van der Waals surface area contributed by atoms with Crippen LogP contribution in [0.25, 0.3) is 21.0 Å². The monoisotopic (exact) mass is 284 g/mol. The second kappa shape index (κ2) is 5.78. The molecule has 20 heavy (non-hydrogen) atoms. The summed E-state index contributed by atoms with van der Waals surface area (Å²) in [5.41, 5.74) is 0. The van der Waals surface area contributed by atoms with Gasteiger partial charge in [-0.05, 0) is 10.8 Å². The fourth-order valence-electron chi connectivity index (χ4n) is 2.51. The Bertz CT molecular complexity index is 692. The molecule has 2 aromatic carbocycles. The van der Waals surface area contributed by atoms with Crippen molar-refractivity contribution in [3.63, 3.8) is 0 Å². The van der Waals surface area contributed by atoms with E-state index >= 15 is 0 Å². The summed E-state index contributed by atoms with van der Waals surface area (Å²) in [6.45, 7) is 2.39. The molecule has 0 bridgehead atoms. The Morgan fingerprint density at radius 2 is 1.60 bits per heavy atom. The lowest BCUT2D eigenvalue weighted by Crippen LogP contribution is -2.04. The van der Waals surface area contributed by atoms with Crippen molar-refractivity contribution in [2.75, 3.05) is 6.61 Å². The van der Waals surface area contributed by atoms with E-state index in [-0.39, 0.29) is 5.92 Å². The van der Waals surface area contributed by atoms with Crippen molar-refractivity contribution in [3.8, 4) is 0 Å². The average molecular weight is 284 g/mol. The maximum Gasteiger partial charge on any atom is 0.125 e. The summed E-state index contributed by atoms with van der Waals surface area (Å²) in [6.07, 6.45) is 1.64. The first-order valence-electron chi connectivity index (χ1n) is 6.80. The minimum absolute atomic E-state index is 0.0295. The molecule has 2 nitrogen and oxygen atoms in total. The third kappa shape index (κ3) is 2.37. The predicted molar refractivity (Wildman–Crippen MR) is 85.3 cm³/mol. The highest BCUT2D eigenvalue weighted by Crippen LogP contribution is 2.49. The minimum Gasteiger partial charge on any atom is -0.372 e. The van der Waals surface area contributed by atoms with E-state index in [1.807, 2.05) is 6.92 Å². The largest absolute Gasteiger partial charge is 0.372 e. The van der Waals surface area contributed by atoms with Gasteiger partial charge in [0.1, 0.15) is 6.29 Å². The number of aldehydes is 1. The molecular formula is C17H17O2P. The van der Waals surface area contributed by atoms with Crippen molar-refractivity contribution in [1.29, 1.82) is 0 Å². The Morgan fingerprint density at radius 3 is 2.15 bits per heavy atom. The fraction of sp³-hybridized carbons (Fsp3) is 0.235. The summed E-state index contributed by atoms with van der Waals surface area (Å²) < 4.78 is 5.78. The second-order valence-corrected chi connectivity index (χ2v) is 7.15. The first-order valence-corrected chi connectivity index (χ1v) is 8.33. The standard InChI is InChI=1S/C17H17O2P/c1-13(10-18)11-19-12-20-16-8-4-2-6-14(16)15-7-3-5-9-17(15)20/h2-10,13H,11-12H2,1H3. The molecule has 1 atom stereocenters. The Balaban J connectivity index is 2.01. The maximum atomic E-state index is 10.7. The van der Waals surface area contributed by atoms with Crippen molar-refractivity contribution in [1.82, 2.24) is 0 Å². The quantitative estimate of drug-likeness (QED) is 0.630. The molecule has 0 saturated heterocycles. The summed E-state index contributed by atoms with van der Waals surface area (Å²) in [5.74, 6) is -0.0295. The van der Waals surface area contributed by atoms with Gasteiger partial charge in [-0.1, -0.05) is 63.0 Å². The number of fused-ring (bicyclic) bond motifs is 3. The number of ether oxygens (including phenoxy) is 1. The molecule has 0 aliphatic heterocycles. The van der Waals surface area contributed by atoms with Gasteiger partial charge in [-0.15, -0.1) is 0 Å². The highest BCUT2D eigenvalue weighted by atomic mass is 31.1. The van der Waals surface area contributed by atoms with Gasteiger partial charge in [0.15, 0.2) is 0 Å². The summed E-state index contributed by atoms with van der Waals surface area (Å²) in [6, 6.07) is 17.1. The van der Waals surface area contributed by atoms with Crippen LogP contribution in [-0.4, -0.2) is 12.9 Å². The average Bonchev–Trinajstić information content (AvgIpc) is 2.82. The molecule has 3 heteroatoms. The van der Waals surface area contributed by atoms with Crippen LogP contribution >= 0.6 is 7.53 Å². The normalized spacial score (nSPS) is 12.8. The van der Waals surface area contributed by atoms with Gasteiger partial charge in [0.2, 0.25) is 0 Å². The molecule has 3 aromatic rings. The van der Waals surface area contributed by atoms with E-state index in [0.717, 1.165) is 6.29 Å². The van der Waals surface area contributed by atoms with Crippen molar-refractivity contribution in [2.24, 2.45) is 5.92 Å². The molecule has 0 radical (unpaired) electrons. The van der Waals surface area contributed by atoms with Gasteiger partial charge in [0.05, 0.1) is 13.0 Å². The number of benzene rings is 2. The zero-order valence-electron chi connectivity index (χ0n) is 11.5. The Labute approximate surface area is 119 Å². The first-order chi connectivity index (χ1) is 9.81. The van der Waals surface area contributed by atoms with Gasteiger partial charge in [-0.25, -0.2) is 0 Å². The van der Waals surface area contributed by atoms with Gasteiger partial charge in [0, 0.05) is 16.2 Å². The molecule has 0 saturated carbocycles. The van der Waals surface area contributed by atoms with Crippen LogP contribution in [0, 0.1) is 5.92 Å². The van der Waals surface area contributed by atoms with Gasteiger partial charge in [-0.3, -0.25) is 0 Å². The highest BCUT2D eigenvalue weighted by Gasteiger charge is 2.11. The topological polar surface area (TPSA) is 26.3 Å². The Kier molecular flexibility index (Phi) is 3.86. The molecule has 3 rings (SSSR count). The molecular weight excluding hydrogens is 267 g/mol. The molecule has 0 spiro atoms. The molecule has 0 aliphatic rings. The smallest absolute Gasteiger partial charge is 0.125 e. The van der Waals surface area contributed by atoms with E-state index < -0.39 is 7.53 Å². The maximum absolute atomic E-state index is 10.7. The van der Waals surface area contributed by atoms with E-state index in [1.54, 1.807) is 0 Å². The summed E-state index contributed by atoms with van der Waals surface area (Å²) >= 11 is 0. The zero-order chi connectivity index (χ0) is 13.9. The molecule has 1 aromatic heterocycles. The number of carbonyl (C=O) groups is 1. The molecule has 102 valence electrons. The molecule has 0 aliphatic carbocycles. The SMILES string of the molecule is CC(C=O)COCp1c2ccccc2c2ccccc21. The van der Waals surface area contributed by atoms with Crippen LogP contribution in [0.1, 0.15) is 6.92 Å². The highest BCUT2D eigenvalue weighted by molar-refractivity contribution is 7.60. The first kappa shape index (κ1) is 13.4. The van der Waals surface area contributed by atoms with Crippen LogP contribution in [-0.2, 0) is 15.9 Å². The predicted octanol–water partition coefficient (Wildman–Crippen LogP) is 4.79. The lowest BCUT2D eigenvalue weighted by atomic mass is 10.2. The molecule has 0 amide bonds. The van der Waals surface area contributed by atoms with Crippen LogP contribution in [0.2, 0.25) is 0 Å². The summed E-state index contributed by atoms with van der Waals surface area (Å²) in [5, 5.41) is 5.45. The van der Waals surface area contributed by atoms with Crippen LogP contribution < -0.4 is 0 Å². The molecule has 1 unspecified atom stereocenters. The summed E-state index contributed by atoms with van der Waals surface area (Å²) in [4.78, 5) is 10.7. The number of hydrogen-bond acceptors (Lipinski definition) is 2. The van der Waals surface area contributed by atoms with E-state index in [2.05, 4.69) is 48.5 Å². The van der Waals surface area contributed by atoms with Crippen LogP contribution in [0.5, 0.6) is 0 Å². The Morgan fingerprint density at radius 1 is 1.05 bits per heavy atom. The third-order valence-electron chi connectivity index (χ3n) is 3.51. The van der Waals surface area contributed by atoms with Crippen molar-refractivity contribution < 1.29 is 9.53 Å². The van der Waals surface area contributed by atoms with E-state index in [1.165, 1.54) is 21.0 Å². The van der Waals surface area contributed by atoms with Gasteiger partial charge in [0.25, 0.3) is 0 Å². The van der Waals surface area contributed by atoms with Gasteiger partial charge >= 0.3 is 0 Å². The fourth-order valence-corrected chi connectivity index (χ4v) is 4.84. The van der Waals surface area contributed by atoms with Crippen LogP contribution in [0.3, 0.4) is 0 Å². The number of carbonyl (C=O) groups excluding carboxylic acids is 1. The molecule has 0 N–H and O–H groups in total. The zero-order valence-corrected chi connectivity index (χ0v) is 12.3. The van der Waals surface area contributed by atoms with Gasteiger partial charge < -0.3 is 9.53 Å². The number of hydrogen-bond donors (Lipinski definition) is 0. The van der Waals surface area contributed by atoms with E-state index in [4.69, 9.17) is 4.74 Å². The summed E-state index contributed by atoms with van der Waals surface area (Å²) in [7, 11) is -0.451. The third-order valence-corrected chi connectivity index (χ3v) is 5.90. The lowest BCUT2D eigenvalue weighted by molar-refractivity contribution is -0.112. The van der Waals surface area contributed by atoms with Crippen LogP contribution in [0.15, 0.2) is 48.5 Å².